The Morgan fingerprint density at radius 2 is 1.83 bits per heavy atom. The fourth-order valence-electron chi connectivity index (χ4n) is 1.09. The fraction of sp³-hybridized carbons (Fsp3) is 0.0769. The number of pyridine rings is 2. The van der Waals surface area contributed by atoms with Gasteiger partial charge in [0.25, 0.3) is 0 Å². The maximum Gasteiger partial charge on any atom is 0.168 e. The molecule has 0 aliphatic heterocycles. The lowest BCUT2D eigenvalue weighted by Crippen LogP contribution is -2.00. The van der Waals surface area contributed by atoms with Gasteiger partial charge in [0.05, 0.1) is 11.4 Å². The van der Waals surface area contributed by atoms with Gasteiger partial charge in [-0.1, -0.05) is 12.1 Å². The van der Waals surface area contributed by atoms with Gasteiger partial charge in [-0.05, 0) is 31.2 Å². The SMILES string of the molecule is C/C(=N\N)c1ccccn1.O=Cc1ccccn1. The van der Waals surface area contributed by atoms with Crippen molar-refractivity contribution in [3.05, 3.63) is 60.2 Å². The quantitative estimate of drug-likeness (QED) is 0.376. The van der Waals surface area contributed by atoms with Gasteiger partial charge in [-0.3, -0.25) is 14.8 Å². The van der Waals surface area contributed by atoms with Crippen LogP contribution in [-0.2, 0) is 0 Å². The van der Waals surface area contributed by atoms with E-state index in [1.807, 2.05) is 25.1 Å². The molecular formula is C13H14N4O. The van der Waals surface area contributed by atoms with Crippen molar-refractivity contribution in [1.29, 1.82) is 0 Å². The van der Waals surface area contributed by atoms with Crippen LogP contribution >= 0.6 is 0 Å². The average molecular weight is 242 g/mol. The topological polar surface area (TPSA) is 81.2 Å². The molecule has 0 amide bonds. The number of nitrogens with two attached hydrogens (primary N) is 1. The van der Waals surface area contributed by atoms with E-state index in [0.29, 0.717) is 5.69 Å². The third kappa shape index (κ3) is 4.52. The predicted molar refractivity (Wildman–Crippen MR) is 70.3 cm³/mol. The van der Waals surface area contributed by atoms with Crippen molar-refractivity contribution in [3.8, 4) is 0 Å². The van der Waals surface area contributed by atoms with Gasteiger partial charge in [0.1, 0.15) is 5.69 Å². The summed E-state index contributed by atoms with van der Waals surface area (Å²) in [5, 5.41) is 3.51. The smallest absolute Gasteiger partial charge is 0.168 e. The summed E-state index contributed by atoms with van der Waals surface area (Å²) < 4.78 is 0. The Bertz CT molecular complexity index is 497. The number of carbonyl (C=O) groups excluding carboxylic acids is 1. The normalized spacial score (nSPS) is 10.2. The van der Waals surface area contributed by atoms with Crippen molar-refractivity contribution >= 4 is 12.0 Å². The monoisotopic (exact) mass is 242 g/mol. The first-order chi connectivity index (χ1) is 8.77. The standard InChI is InChI=1S/C7H9N3.C6H5NO/c1-6(10-8)7-4-2-3-5-9-7;8-5-6-3-1-2-4-7-6/h2-5H,8H2,1H3;1-5H/b10-6+;. The minimum absolute atomic E-state index is 0.479. The Labute approximate surface area is 105 Å². The lowest BCUT2D eigenvalue weighted by atomic mass is 10.3. The highest BCUT2D eigenvalue weighted by Crippen LogP contribution is 1.93. The van der Waals surface area contributed by atoms with Crippen molar-refractivity contribution in [3.63, 3.8) is 0 Å². The number of hydrogen-bond donors (Lipinski definition) is 1. The summed E-state index contributed by atoms with van der Waals surface area (Å²) in [7, 11) is 0. The number of aromatic nitrogens is 2. The van der Waals surface area contributed by atoms with Crippen molar-refractivity contribution < 1.29 is 4.79 Å². The van der Waals surface area contributed by atoms with E-state index >= 15 is 0 Å². The minimum atomic E-state index is 0.479. The molecule has 2 aromatic rings. The molecule has 0 unspecified atom stereocenters. The Balaban J connectivity index is 0.000000184. The van der Waals surface area contributed by atoms with Crippen molar-refractivity contribution in [1.82, 2.24) is 9.97 Å². The average Bonchev–Trinajstić information content (AvgIpc) is 2.49. The summed E-state index contributed by atoms with van der Waals surface area (Å²) in [5.41, 5.74) is 2.05. The molecule has 0 radical (unpaired) electrons. The molecule has 2 N–H and O–H groups in total. The van der Waals surface area contributed by atoms with Crippen LogP contribution in [-0.4, -0.2) is 22.0 Å². The van der Waals surface area contributed by atoms with Crippen LogP contribution < -0.4 is 5.84 Å². The van der Waals surface area contributed by atoms with E-state index in [1.54, 1.807) is 30.6 Å². The molecule has 2 aromatic heterocycles. The first-order valence-corrected chi connectivity index (χ1v) is 5.30. The first-order valence-electron chi connectivity index (χ1n) is 5.30. The molecule has 18 heavy (non-hydrogen) atoms. The van der Waals surface area contributed by atoms with Crippen molar-refractivity contribution in [2.24, 2.45) is 10.9 Å². The Morgan fingerprint density at radius 3 is 2.22 bits per heavy atom. The summed E-state index contributed by atoms with van der Waals surface area (Å²) in [6, 6.07) is 10.8. The molecule has 0 aromatic carbocycles. The maximum atomic E-state index is 9.94. The zero-order chi connectivity index (χ0) is 13.2. The van der Waals surface area contributed by atoms with Gasteiger partial charge >= 0.3 is 0 Å². The molecule has 0 saturated heterocycles. The summed E-state index contributed by atoms with van der Waals surface area (Å²) >= 11 is 0. The molecular weight excluding hydrogens is 228 g/mol. The van der Waals surface area contributed by atoms with E-state index in [1.165, 1.54) is 0 Å². The van der Waals surface area contributed by atoms with Gasteiger partial charge in [-0.15, -0.1) is 0 Å². The van der Waals surface area contributed by atoms with Gasteiger partial charge in [-0.2, -0.15) is 5.10 Å². The lowest BCUT2D eigenvalue weighted by Gasteiger charge is -1.94. The van der Waals surface area contributed by atoms with E-state index in [-0.39, 0.29) is 0 Å². The fourth-order valence-corrected chi connectivity index (χ4v) is 1.09. The largest absolute Gasteiger partial charge is 0.323 e. The molecule has 0 bridgehead atoms. The van der Waals surface area contributed by atoms with Crippen molar-refractivity contribution in [2.75, 3.05) is 0 Å². The second-order valence-corrected chi connectivity index (χ2v) is 3.30. The number of rotatable bonds is 2. The number of hydrazone groups is 1. The Morgan fingerprint density at radius 1 is 1.17 bits per heavy atom. The highest BCUT2D eigenvalue weighted by atomic mass is 16.1. The molecule has 0 saturated carbocycles. The summed E-state index contributed by atoms with van der Waals surface area (Å²) in [6.07, 6.45) is 4.02. The number of hydrogen-bond acceptors (Lipinski definition) is 5. The van der Waals surface area contributed by atoms with E-state index in [0.717, 1.165) is 17.7 Å². The summed E-state index contributed by atoms with van der Waals surface area (Å²) in [5.74, 6) is 5.05. The molecule has 92 valence electrons. The maximum absolute atomic E-state index is 9.94. The van der Waals surface area contributed by atoms with E-state index in [2.05, 4.69) is 15.1 Å². The van der Waals surface area contributed by atoms with Crippen LogP contribution in [0, 0.1) is 0 Å². The van der Waals surface area contributed by atoms with Crippen LogP contribution in [0.2, 0.25) is 0 Å². The number of nitrogens with zero attached hydrogens (tertiary/aromatic N) is 3. The first kappa shape index (κ1) is 13.5. The predicted octanol–water partition coefficient (Wildman–Crippen LogP) is 1.66. The van der Waals surface area contributed by atoms with E-state index in [4.69, 9.17) is 5.84 Å². The zero-order valence-electron chi connectivity index (χ0n) is 10.0. The second-order valence-electron chi connectivity index (χ2n) is 3.30. The van der Waals surface area contributed by atoms with Crippen LogP contribution in [0.5, 0.6) is 0 Å². The summed E-state index contributed by atoms with van der Waals surface area (Å²) in [4.78, 5) is 17.7. The summed E-state index contributed by atoms with van der Waals surface area (Å²) in [6.45, 7) is 1.82. The van der Waals surface area contributed by atoms with Gasteiger partial charge in [0, 0.05) is 12.4 Å². The third-order valence-corrected chi connectivity index (χ3v) is 2.04. The molecule has 0 atom stereocenters. The molecule has 2 heterocycles. The highest BCUT2D eigenvalue weighted by Gasteiger charge is 1.93. The molecule has 0 spiro atoms. The minimum Gasteiger partial charge on any atom is -0.323 e. The molecule has 0 aliphatic carbocycles. The molecule has 0 aliphatic rings. The van der Waals surface area contributed by atoms with Crippen LogP contribution in [0.4, 0.5) is 0 Å². The number of carbonyl (C=O) groups is 1. The van der Waals surface area contributed by atoms with Crippen LogP contribution in [0.25, 0.3) is 0 Å². The van der Waals surface area contributed by atoms with Crippen LogP contribution in [0.15, 0.2) is 53.9 Å². The molecule has 2 rings (SSSR count). The van der Waals surface area contributed by atoms with Crippen molar-refractivity contribution in [2.45, 2.75) is 6.92 Å². The molecule has 0 fully saturated rings. The van der Waals surface area contributed by atoms with Gasteiger partial charge in [0.2, 0.25) is 0 Å². The highest BCUT2D eigenvalue weighted by molar-refractivity contribution is 5.96. The lowest BCUT2D eigenvalue weighted by molar-refractivity contribution is 0.111. The van der Waals surface area contributed by atoms with Gasteiger partial charge in [0.15, 0.2) is 6.29 Å². The van der Waals surface area contributed by atoms with Crippen LogP contribution in [0.1, 0.15) is 23.1 Å². The molecule has 5 heteroatoms. The zero-order valence-corrected chi connectivity index (χ0v) is 10.0. The van der Waals surface area contributed by atoms with Gasteiger partial charge < -0.3 is 5.84 Å². The third-order valence-electron chi connectivity index (χ3n) is 2.04. The van der Waals surface area contributed by atoms with Gasteiger partial charge in [-0.25, -0.2) is 0 Å². The van der Waals surface area contributed by atoms with E-state index in [9.17, 15) is 4.79 Å². The van der Waals surface area contributed by atoms with E-state index < -0.39 is 0 Å². The number of aldehydes is 1. The Hall–Kier alpha value is -2.56. The second kappa shape index (κ2) is 7.67. The Kier molecular flexibility index (Phi) is 5.76. The van der Waals surface area contributed by atoms with Crippen LogP contribution in [0.3, 0.4) is 0 Å². The molecule has 5 nitrogen and oxygen atoms in total.